The van der Waals surface area contributed by atoms with Gasteiger partial charge < -0.3 is 24.8 Å². The van der Waals surface area contributed by atoms with Gasteiger partial charge in [-0.2, -0.15) is 0 Å². The normalized spacial score (nSPS) is 10.2. The summed E-state index contributed by atoms with van der Waals surface area (Å²) in [5, 5.41) is 5.81. The number of ether oxygens (including phenoxy) is 3. The molecule has 9 heteroatoms. The molecule has 0 aliphatic heterocycles. The van der Waals surface area contributed by atoms with Gasteiger partial charge in [-0.25, -0.2) is 0 Å². The van der Waals surface area contributed by atoms with Crippen molar-refractivity contribution in [3.05, 3.63) is 52.0 Å². The number of amides is 2. The minimum atomic E-state index is -0.450. The predicted molar refractivity (Wildman–Crippen MR) is 111 cm³/mol. The fourth-order valence-electron chi connectivity index (χ4n) is 2.41. The van der Waals surface area contributed by atoms with Crippen LogP contribution in [-0.2, 0) is 4.79 Å². The van der Waals surface area contributed by atoms with Gasteiger partial charge in [0.05, 0.1) is 23.8 Å². The molecule has 2 aromatic carbocycles. The van der Waals surface area contributed by atoms with E-state index < -0.39 is 5.91 Å². The molecule has 0 fully saturated rings. The van der Waals surface area contributed by atoms with E-state index in [2.05, 4.69) is 10.6 Å². The Kier molecular flexibility index (Phi) is 8.89. The van der Waals surface area contributed by atoms with Crippen molar-refractivity contribution >= 4 is 35.0 Å². The average molecular weight is 441 g/mol. The molecule has 29 heavy (non-hydrogen) atoms. The third-order valence-electron chi connectivity index (χ3n) is 3.73. The van der Waals surface area contributed by atoms with Crippen LogP contribution in [-0.4, -0.2) is 45.2 Å². The molecule has 2 N–H and O–H groups in total. The lowest BCUT2D eigenvalue weighted by molar-refractivity contribution is -0.123. The molecule has 0 saturated carbocycles. The molecule has 2 rings (SSSR count). The van der Waals surface area contributed by atoms with Crippen LogP contribution in [0.4, 0.5) is 0 Å². The summed E-state index contributed by atoms with van der Waals surface area (Å²) in [7, 11) is 1.40. The lowest BCUT2D eigenvalue weighted by Gasteiger charge is -2.13. The Morgan fingerprint density at radius 3 is 2.10 bits per heavy atom. The summed E-state index contributed by atoms with van der Waals surface area (Å²) in [6.45, 7) is 2.75. The maximum Gasteiger partial charge on any atom is 0.258 e. The van der Waals surface area contributed by atoms with Gasteiger partial charge in [0.2, 0.25) is 0 Å². The first-order valence-corrected chi connectivity index (χ1v) is 9.64. The lowest BCUT2D eigenvalue weighted by Crippen LogP contribution is -2.37. The highest BCUT2D eigenvalue weighted by atomic mass is 35.5. The van der Waals surface area contributed by atoms with Crippen molar-refractivity contribution in [1.82, 2.24) is 10.6 Å². The van der Waals surface area contributed by atoms with Gasteiger partial charge >= 0.3 is 0 Å². The summed E-state index contributed by atoms with van der Waals surface area (Å²) in [5.74, 6) is 0.723. The minimum absolute atomic E-state index is 0.143. The first-order valence-electron chi connectivity index (χ1n) is 8.88. The lowest BCUT2D eigenvalue weighted by atomic mass is 10.2. The monoisotopic (exact) mass is 440 g/mol. The van der Waals surface area contributed by atoms with Crippen LogP contribution in [0.1, 0.15) is 17.3 Å². The first-order chi connectivity index (χ1) is 14.0. The second kappa shape index (κ2) is 11.4. The van der Waals surface area contributed by atoms with Crippen LogP contribution in [0, 0.1) is 0 Å². The summed E-state index contributed by atoms with van der Waals surface area (Å²) in [6.07, 6.45) is 0. The molecular formula is C20H22Cl2N2O5. The Hall–Kier alpha value is -2.64. The fourth-order valence-corrected chi connectivity index (χ4v) is 2.88. The van der Waals surface area contributed by atoms with Crippen LogP contribution in [0.25, 0.3) is 0 Å². The molecule has 0 spiro atoms. The zero-order valence-electron chi connectivity index (χ0n) is 16.1. The van der Waals surface area contributed by atoms with Crippen molar-refractivity contribution in [3.63, 3.8) is 0 Å². The van der Waals surface area contributed by atoms with Gasteiger partial charge in [0, 0.05) is 13.1 Å². The molecule has 0 radical (unpaired) electrons. The van der Waals surface area contributed by atoms with E-state index in [1.165, 1.54) is 13.2 Å². The summed E-state index contributed by atoms with van der Waals surface area (Å²) >= 11 is 12.1. The number of carbonyl (C=O) groups excluding carboxylic acids is 2. The van der Waals surface area contributed by atoms with Crippen LogP contribution in [0.2, 0.25) is 10.0 Å². The van der Waals surface area contributed by atoms with E-state index >= 15 is 0 Å². The van der Waals surface area contributed by atoms with Crippen LogP contribution in [0.15, 0.2) is 36.4 Å². The Labute approximate surface area is 179 Å². The van der Waals surface area contributed by atoms with E-state index in [1.54, 1.807) is 30.3 Å². The summed E-state index contributed by atoms with van der Waals surface area (Å²) in [6, 6.07) is 10.0. The highest BCUT2D eigenvalue weighted by Gasteiger charge is 2.19. The van der Waals surface area contributed by atoms with Gasteiger partial charge in [0.25, 0.3) is 11.8 Å². The number of hydrogen-bond donors (Lipinski definition) is 2. The molecule has 7 nitrogen and oxygen atoms in total. The summed E-state index contributed by atoms with van der Waals surface area (Å²) in [5.41, 5.74) is 0.145. The molecule has 0 aliphatic rings. The minimum Gasteiger partial charge on any atom is -0.494 e. The maximum absolute atomic E-state index is 12.3. The molecule has 0 atom stereocenters. The van der Waals surface area contributed by atoms with Crippen molar-refractivity contribution < 1.29 is 23.8 Å². The standard InChI is InChI=1S/C20H22Cl2N2O5/c1-3-28-13-4-6-14(7-5-13)29-12-17(25)23-10-11-24-20(26)18-15(21)8-9-16(22)19(18)27-2/h4-9H,3,10-12H2,1-2H3,(H,23,25)(H,24,26). The molecule has 2 amide bonds. The average Bonchev–Trinajstić information content (AvgIpc) is 2.72. The highest BCUT2D eigenvalue weighted by molar-refractivity contribution is 6.37. The van der Waals surface area contributed by atoms with Gasteiger partial charge in [-0.05, 0) is 43.3 Å². The quantitative estimate of drug-likeness (QED) is 0.553. The van der Waals surface area contributed by atoms with Gasteiger partial charge in [-0.3, -0.25) is 9.59 Å². The van der Waals surface area contributed by atoms with Crippen molar-refractivity contribution in [2.75, 3.05) is 33.4 Å². The molecule has 0 aromatic heterocycles. The number of nitrogens with one attached hydrogen (secondary N) is 2. The number of benzene rings is 2. The van der Waals surface area contributed by atoms with E-state index in [0.717, 1.165) is 5.75 Å². The zero-order valence-corrected chi connectivity index (χ0v) is 17.6. The number of hydrogen-bond acceptors (Lipinski definition) is 5. The van der Waals surface area contributed by atoms with Gasteiger partial charge in [0.1, 0.15) is 17.1 Å². The first kappa shape index (κ1) is 22.6. The summed E-state index contributed by atoms with van der Waals surface area (Å²) < 4.78 is 15.9. The third kappa shape index (κ3) is 6.73. The SMILES string of the molecule is CCOc1ccc(OCC(=O)NCCNC(=O)c2c(Cl)ccc(Cl)c2OC)cc1. The van der Waals surface area contributed by atoms with Crippen molar-refractivity contribution in [3.8, 4) is 17.2 Å². The van der Waals surface area contributed by atoms with E-state index in [9.17, 15) is 9.59 Å². The number of rotatable bonds is 10. The fraction of sp³-hybridized carbons (Fsp3) is 0.300. The van der Waals surface area contributed by atoms with Crippen molar-refractivity contribution in [2.24, 2.45) is 0 Å². The van der Waals surface area contributed by atoms with E-state index in [0.29, 0.717) is 12.4 Å². The summed E-state index contributed by atoms with van der Waals surface area (Å²) in [4.78, 5) is 24.2. The van der Waals surface area contributed by atoms with Crippen LogP contribution >= 0.6 is 23.2 Å². The number of halogens is 2. The molecule has 0 heterocycles. The molecule has 0 saturated heterocycles. The van der Waals surface area contributed by atoms with Crippen LogP contribution in [0.5, 0.6) is 17.2 Å². The highest BCUT2D eigenvalue weighted by Crippen LogP contribution is 2.33. The zero-order chi connectivity index (χ0) is 21.2. The van der Waals surface area contributed by atoms with Crippen LogP contribution in [0.3, 0.4) is 0 Å². The third-order valence-corrected chi connectivity index (χ3v) is 4.34. The Bertz CT molecular complexity index is 844. The number of methoxy groups -OCH3 is 1. The molecular weight excluding hydrogens is 419 g/mol. The van der Waals surface area contributed by atoms with Crippen molar-refractivity contribution in [1.29, 1.82) is 0 Å². The van der Waals surface area contributed by atoms with Gasteiger partial charge in [0.15, 0.2) is 12.4 Å². The molecule has 0 unspecified atom stereocenters. The number of carbonyl (C=O) groups is 2. The van der Waals surface area contributed by atoms with Crippen LogP contribution < -0.4 is 24.8 Å². The predicted octanol–water partition coefficient (Wildman–Crippen LogP) is 3.33. The topological polar surface area (TPSA) is 85.9 Å². The van der Waals surface area contributed by atoms with Gasteiger partial charge in [-0.15, -0.1) is 0 Å². The second-order valence-electron chi connectivity index (χ2n) is 5.74. The Balaban J connectivity index is 1.74. The van der Waals surface area contributed by atoms with Crippen molar-refractivity contribution in [2.45, 2.75) is 6.92 Å². The molecule has 0 aliphatic carbocycles. The van der Waals surface area contributed by atoms with E-state index in [4.69, 9.17) is 37.4 Å². The largest absolute Gasteiger partial charge is 0.494 e. The molecule has 0 bridgehead atoms. The van der Waals surface area contributed by atoms with Gasteiger partial charge in [-0.1, -0.05) is 23.2 Å². The smallest absolute Gasteiger partial charge is 0.258 e. The second-order valence-corrected chi connectivity index (χ2v) is 6.55. The molecule has 156 valence electrons. The Morgan fingerprint density at radius 2 is 1.48 bits per heavy atom. The van der Waals surface area contributed by atoms with E-state index in [-0.39, 0.29) is 47.0 Å². The Morgan fingerprint density at radius 1 is 0.897 bits per heavy atom. The van der Waals surface area contributed by atoms with E-state index in [1.807, 2.05) is 6.92 Å². The maximum atomic E-state index is 12.3. The molecule has 2 aromatic rings.